The van der Waals surface area contributed by atoms with E-state index in [9.17, 15) is 14.3 Å². The lowest BCUT2D eigenvalue weighted by Crippen LogP contribution is -2.14. The Bertz CT molecular complexity index is 897. The first-order valence-electron chi connectivity index (χ1n) is 7.01. The van der Waals surface area contributed by atoms with Gasteiger partial charge in [-0.05, 0) is 35.9 Å². The number of pyridine rings is 2. The second-order valence-corrected chi connectivity index (χ2v) is 5.03. The Morgan fingerprint density at radius 3 is 2.58 bits per heavy atom. The van der Waals surface area contributed by atoms with Crippen LogP contribution in [-0.4, -0.2) is 21.0 Å². The number of nitrogens with two attached hydrogens (primary N) is 1. The number of aromatic hydroxyl groups is 1. The number of hydrogen-bond acceptors (Lipinski definition) is 5. The molecule has 0 radical (unpaired) electrons. The van der Waals surface area contributed by atoms with Crippen LogP contribution in [-0.2, 0) is 0 Å². The van der Waals surface area contributed by atoms with Crippen molar-refractivity contribution in [2.75, 3.05) is 11.1 Å². The van der Waals surface area contributed by atoms with Crippen molar-refractivity contribution in [3.8, 4) is 16.9 Å². The third-order valence-corrected chi connectivity index (χ3v) is 3.34. The van der Waals surface area contributed by atoms with Crippen LogP contribution in [0.4, 0.5) is 15.8 Å². The van der Waals surface area contributed by atoms with Gasteiger partial charge in [-0.2, -0.15) is 4.39 Å². The number of amides is 1. The topological polar surface area (TPSA) is 101 Å². The quantitative estimate of drug-likeness (QED) is 0.508. The molecule has 0 aliphatic rings. The number of carbonyl (C=O) groups is 1. The van der Waals surface area contributed by atoms with Crippen LogP contribution in [0.5, 0.6) is 5.75 Å². The van der Waals surface area contributed by atoms with E-state index in [2.05, 4.69) is 15.3 Å². The normalized spacial score (nSPS) is 10.4. The molecule has 0 aliphatic heterocycles. The minimum atomic E-state index is -0.572. The van der Waals surface area contributed by atoms with Crippen LogP contribution in [0.3, 0.4) is 0 Å². The second-order valence-electron chi connectivity index (χ2n) is 5.03. The van der Waals surface area contributed by atoms with Gasteiger partial charge in [-0.15, -0.1) is 0 Å². The molecule has 6 nitrogen and oxygen atoms in total. The van der Waals surface area contributed by atoms with Crippen LogP contribution in [0.15, 0.2) is 54.9 Å². The highest BCUT2D eigenvalue weighted by molar-refractivity contribution is 6.05. The molecule has 0 spiro atoms. The van der Waals surface area contributed by atoms with Crippen molar-refractivity contribution in [1.82, 2.24) is 9.97 Å². The third kappa shape index (κ3) is 3.30. The van der Waals surface area contributed by atoms with Crippen molar-refractivity contribution in [3.05, 3.63) is 66.5 Å². The van der Waals surface area contributed by atoms with Crippen molar-refractivity contribution >= 4 is 17.3 Å². The largest absolute Gasteiger partial charge is 0.508 e. The SMILES string of the molecule is Nc1ccc(-c2ccc(F)nc2)cc1NC(=O)c1cc(O)ccn1. The van der Waals surface area contributed by atoms with Gasteiger partial charge < -0.3 is 16.2 Å². The molecule has 0 unspecified atom stereocenters. The number of anilines is 2. The zero-order chi connectivity index (χ0) is 17.1. The highest BCUT2D eigenvalue weighted by Crippen LogP contribution is 2.27. The number of nitrogen functional groups attached to an aromatic ring is 1. The van der Waals surface area contributed by atoms with E-state index in [0.29, 0.717) is 16.9 Å². The standard InChI is InChI=1S/C17H13FN4O2/c18-16-4-2-11(9-21-16)10-1-3-13(19)14(7-10)22-17(24)15-8-12(23)5-6-20-15/h1-9H,19H2,(H,20,23)(H,22,24). The molecule has 1 aromatic carbocycles. The van der Waals surface area contributed by atoms with Crippen molar-refractivity contribution < 1.29 is 14.3 Å². The first-order chi connectivity index (χ1) is 11.5. The molecule has 0 bridgehead atoms. The Kier molecular flexibility index (Phi) is 4.07. The lowest BCUT2D eigenvalue weighted by molar-refractivity contribution is 0.102. The predicted octanol–water partition coefficient (Wildman–Crippen LogP) is 2.82. The summed E-state index contributed by atoms with van der Waals surface area (Å²) in [4.78, 5) is 19.7. The number of rotatable bonds is 3. The summed E-state index contributed by atoms with van der Waals surface area (Å²) >= 11 is 0. The molecular formula is C17H13FN4O2. The molecule has 0 aliphatic carbocycles. The van der Waals surface area contributed by atoms with E-state index >= 15 is 0 Å². The highest BCUT2D eigenvalue weighted by Gasteiger charge is 2.11. The van der Waals surface area contributed by atoms with Gasteiger partial charge >= 0.3 is 0 Å². The molecule has 4 N–H and O–H groups in total. The van der Waals surface area contributed by atoms with Gasteiger partial charge in [-0.1, -0.05) is 6.07 Å². The summed E-state index contributed by atoms with van der Waals surface area (Å²) in [6.45, 7) is 0. The smallest absolute Gasteiger partial charge is 0.274 e. The van der Waals surface area contributed by atoms with Crippen LogP contribution >= 0.6 is 0 Å². The van der Waals surface area contributed by atoms with E-state index in [1.807, 2.05) is 0 Å². The molecule has 2 heterocycles. The first kappa shape index (κ1) is 15.4. The van der Waals surface area contributed by atoms with E-state index in [1.54, 1.807) is 24.3 Å². The van der Waals surface area contributed by atoms with Crippen molar-refractivity contribution in [3.63, 3.8) is 0 Å². The number of benzene rings is 1. The fraction of sp³-hybridized carbons (Fsp3) is 0. The summed E-state index contributed by atoms with van der Waals surface area (Å²) < 4.78 is 12.9. The second kappa shape index (κ2) is 6.33. The van der Waals surface area contributed by atoms with Crippen LogP contribution in [0.2, 0.25) is 0 Å². The van der Waals surface area contributed by atoms with Crippen molar-refractivity contribution in [1.29, 1.82) is 0 Å². The van der Waals surface area contributed by atoms with Gasteiger partial charge in [0.05, 0.1) is 11.4 Å². The summed E-state index contributed by atoms with van der Waals surface area (Å²) in [7, 11) is 0. The van der Waals surface area contributed by atoms with Gasteiger partial charge in [0.1, 0.15) is 11.4 Å². The third-order valence-electron chi connectivity index (χ3n) is 3.34. The number of nitrogens with one attached hydrogen (secondary N) is 1. The van der Waals surface area contributed by atoms with E-state index in [0.717, 1.165) is 5.56 Å². The van der Waals surface area contributed by atoms with Crippen molar-refractivity contribution in [2.24, 2.45) is 0 Å². The van der Waals surface area contributed by atoms with E-state index < -0.39 is 11.9 Å². The van der Waals surface area contributed by atoms with Gasteiger partial charge in [0.25, 0.3) is 5.91 Å². The molecule has 3 rings (SSSR count). The summed E-state index contributed by atoms with van der Waals surface area (Å²) in [5.41, 5.74) is 8.09. The van der Waals surface area contributed by atoms with E-state index in [-0.39, 0.29) is 11.4 Å². The Labute approximate surface area is 136 Å². The molecule has 24 heavy (non-hydrogen) atoms. The zero-order valence-electron chi connectivity index (χ0n) is 12.4. The maximum absolute atomic E-state index is 12.9. The summed E-state index contributed by atoms with van der Waals surface area (Å²) in [6.07, 6.45) is 2.72. The molecule has 0 fully saturated rings. The van der Waals surface area contributed by atoms with Crippen LogP contribution in [0, 0.1) is 5.95 Å². The summed E-state index contributed by atoms with van der Waals surface area (Å²) in [5, 5.41) is 12.1. The lowest BCUT2D eigenvalue weighted by atomic mass is 10.1. The molecule has 1 amide bonds. The highest BCUT2D eigenvalue weighted by atomic mass is 19.1. The zero-order valence-corrected chi connectivity index (χ0v) is 12.4. The fourth-order valence-electron chi connectivity index (χ4n) is 2.12. The summed E-state index contributed by atoms with van der Waals surface area (Å²) in [6, 6.07) is 10.5. The fourth-order valence-corrected chi connectivity index (χ4v) is 2.12. The average molecular weight is 324 g/mol. The summed E-state index contributed by atoms with van der Waals surface area (Å²) in [5.74, 6) is -1.14. The van der Waals surface area contributed by atoms with Gasteiger partial charge in [-0.25, -0.2) is 4.98 Å². The maximum Gasteiger partial charge on any atom is 0.274 e. The lowest BCUT2D eigenvalue weighted by Gasteiger charge is -2.10. The Hall–Kier alpha value is -3.48. The molecule has 120 valence electrons. The Morgan fingerprint density at radius 2 is 1.88 bits per heavy atom. The van der Waals surface area contributed by atoms with Gasteiger partial charge in [-0.3, -0.25) is 9.78 Å². The molecule has 0 atom stereocenters. The average Bonchev–Trinajstić information content (AvgIpc) is 2.57. The van der Waals surface area contributed by atoms with Gasteiger partial charge in [0, 0.05) is 24.0 Å². The Balaban J connectivity index is 1.89. The molecule has 2 aromatic heterocycles. The van der Waals surface area contributed by atoms with Crippen LogP contribution in [0.25, 0.3) is 11.1 Å². The van der Waals surface area contributed by atoms with E-state index in [4.69, 9.17) is 5.73 Å². The molecule has 3 aromatic rings. The van der Waals surface area contributed by atoms with E-state index in [1.165, 1.54) is 30.6 Å². The van der Waals surface area contributed by atoms with Gasteiger partial charge in [0.2, 0.25) is 5.95 Å². The minimum absolute atomic E-state index is 0.0586. The Morgan fingerprint density at radius 1 is 1.08 bits per heavy atom. The van der Waals surface area contributed by atoms with Gasteiger partial charge in [0.15, 0.2) is 0 Å². The number of carbonyl (C=O) groups excluding carboxylic acids is 1. The number of aromatic nitrogens is 2. The number of hydrogen-bond donors (Lipinski definition) is 3. The maximum atomic E-state index is 12.9. The molecule has 0 saturated heterocycles. The molecule has 0 saturated carbocycles. The number of nitrogens with zero attached hydrogens (tertiary/aromatic N) is 2. The van der Waals surface area contributed by atoms with Crippen molar-refractivity contribution in [2.45, 2.75) is 0 Å². The minimum Gasteiger partial charge on any atom is -0.508 e. The first-order valence-corrected chi connectivity index (χ1v) is 7.01. The monoisotopic (exact) mass is 324 g/mol. The van der Waals surface area contributed by atoms with Crippen LogP contribution < -0.4 is 11.1 Å². The van der Waals surface area contributed by atoms with Crippen LogP contribution in [0.1, 0.15) is 10.5 Å². The predicted molar refractivity (Wildman–Crippen MR) is 87.9 cm³/mol. The number of halogens is 1. The molecule has 7 heteroatoms. The molecular weight excluding hydrogens is 311 g/mol.